The van der Waals surface area contributed by atoms with Crippen LogP contribution >= 0.6 is 0 Å². The molecule has 4 rings (SSSR count). The minimum absolute atomic E-state index is 0. The summed E-state index contributed by atoms with van der Waals surface area (Å²) in [5.41, 5.74) is 0. The van der Waals surface area contributed by atoms with Crippen molar-refractivity contribution in [1.82, 2.24) is 0 Å². The van der Waals surface area contributed by atoms with Crippen LogP contribution in [0, 0.1) is 11.8 Å². The first-order valence-electron chi connectivity index (χ1n) is 7.71. The van der Waals surface area contributed by atoms with E-state index in [1.54, 1.807) is 38.6 Å². The number of piperidine rings is 1. The van der Waals surface area contributed by atoms with Gasteiger partial charge in [0.25, 0.3) is 0 Å². The average molecular weight is 258 g/mol. The molecule has 3 saturated heterocycles. The van der Waals surface area contributed by atoms with Crippen LogP contribution in [-0.2, 0) is 0 Å². The van der Waals surface area contributed by atoms with Crippen LogP contribution in [0.25, 0.3) is 0 Å². The molecule has 0 amide bonds. The molecule has 3 heterocycles. The highest BCUT2D eigenvalue weighted by molar-refractivity contribution is 4.73. The third kappa shape index (κ3) is 3.17. The van der Waals surface area contributed by atoms with Crippen LogP contribution in [0.15, 0.2) is 0 Å². The molecule has 4 fully saturated rings. The van der Waals surface area contributed by atoms with Gasteiger partial charge < -0.3 is 16.9 Å². The topological polar surface area (TPSA) is 0 Å². The SMILES string of the molecule is C1CCC(C[N+]23CCCC(CC2)CC3)CC1.[Cl-]. The minimum Gasteiger partial charge on any atom is -1.00 e. The van der Waals surface area contributed by atoms with Crippen LogP contribution in [0.4, 0.5) is 0 Å². The fourth-order valence-electron chi connectivity index (χ4n) is 4.59. The van der Waals surface area contributed by atoms with Crippen molar-refractivity contribution in [2.24, 2.45) is 11.8 Å². The maximum absolute atomic E-state index is 1.55. The summed E-state index contributed by atoms with van der Waals surface area (Å²) in [6.07, 6.45) is 13.8. The first-order valence-corrected chi connectivity index (χ1v) is 7.71. The number of quaternary nitrogens is 1. The molecule has 2 bridgehead atoms. The van der Waals surface area contributed by atoms with Gasteiger partial charge in [0, 0.05) is 5.92 Å². The molecule has 2 heteroatoms. The Hall–Kier alpha value is 0.250. The van der Waals surface area contributed by atoms with Gasteiger partial charge in [0.15, 0.2) is 0 Å². The summed E-state index contributed by atoms with van der Waals surface area (Å²) in [6, 6.07) is 0. The van der Waals surface area contributed by atoms with Crippen molar-refractivity contribution in [3.05, 3.63) is 0 Å². The highest BCUT2D eigenvalue weighted by Gasteiger charge is 2.38. The van der Waals surface area contributed by atoms with Gasteiger partial charge in [0.05, 0.1) is 26.2 Å². The Labute approximate surface area is 113 Å². The molecule has 4 aliphatic rings. The number of rotatable bonds is 2. The lowest BCUT2D eigenvalue weighted by molar-refractivity contribution is -0.934. The summed E-state index contributed by atoms with van der Waals surface area (Å²) in [5, 5.41) is 0. The molecule has 0 radical (unpaired) electrons. The van der Waals surface area contributed by atoms with Crippen molar-refractivity contribution in [2.75, 3.05) is 26.2 Å². The van der Waals surface area contributed by atoms with Crippen LogP contribution < -0.4 is 12.4 Å². The molecule has 0 unspecified atom stereocenters. The van der Waals surface area contributed by atoms with E-state index in [9.17, 15) is 0 Å². The second kappa shape index (κ2) is 5.93. The molecule has 0 spiro atoms. The lowest BCUT2D eigenvalue weighted by Gasteiger charge is -2.43. The molecule has 0 atom stereocenters. The molecular weight excluding hydrogens is 230 g/mol. The van der Waals surface area contributed by atoms with Gasteiger partial charge in [-0.25, -0.2) is 0 Å². The van der Waals surface area contributed by atoms with E-state index in [4.69, 9.17) is 0 Å². The van der Waals surface area contributed by atoms with Crippen molar-refractivity contribution in [3.63, 3.8) is 0 Å². The van der Waals surface area contributed by atoms with E-state index in [1.165, 1.54) is 49.8 Å². The van der Waals surface area contributed by atoms with Crippen LogP contribution in [0.5, 0.6) is 0 Å². The third-order valence-corrected chi connectivity index (χ3v) is 5.64. The Morgan fingerprint density at radius 1 is 0.706 bits per heavy atom. The van der Waals surface area contributed by atoms with Gasteiger partial charge >= 0.3 is 0 Å². The standard InChI is InChI=1S/C15H28N.ClH/c1-2-5-15(6-3-1)13-16-10-4-7-14(8-11-16)9-12-16;/h14-15H,1-13H2;1H/q+1;/p-1. The second-order valence-electron chi connectivity index (χ2n) is 6.78. The minimum atomic E-state index is 0. The van der Waals surface area contributed by atoms with Gasteiger partial charge in [-0.2, -0.15) is 0 Å². The van der Waals surface area contributed by atoms with E-state index < -0.39 is 0 Å². The van der Waals surface area contributed by atoms with Gasteiger partial charge in [0.2, 0.25) is 0 Å². The Morgan fingerprint density at radius 2 is 1.41 bits per heavy atom. The fraction of sp³-hybridized carbons (Fsp3) is 1.00. The zero-order valence-electron chi connectivity index (χ0n) is 11.2. The molecule has 0 aromatic rings. The summed E-state index contributed by atoms with van der Waals surface area (Å²) in [5.74, 6) is 2.20. The summed E-state index contributed by atoms with van der Waals surface area (Å²) >= 11 is 0. The van der Waals surface area contributed by atoms with E-state index in [-0.39, 0.29) is 12.4 Å². The van der Waals surface area contributed by atoms with Crippen LogP contribution in [0.2, 0.25) is 0 Å². The highest BCUT2D eigenvalue weighted by atomic mass is 35.5. The van der Waals surface area contributed by atoms with Gasteiger partial charge in [-0.3, -0.25) is 0 Å². The number of halogens is 1. The van der Waals surface area contributed by atoms with Crippen LogP contribution in [0.3, 0.4) is 0 Å². The molecule has 1 aliphatic carbocycles. The predicted molar refractivity (Wildman–Crippen MR) is 68.3 cm³/mol. The Kier molecular flexibility index (Phi) is 4.77. The van der Waals surface area contributed by atoms with E-state index in [1.807, 2.05) is 0 Å². The largest absolute Gasteiger partial charge is 1.00 e. The summed E-state index contributed by atoms with van der Waals surface area (Å²) in [6.45, 7) is 6.13. The summed E-state index contributed by atoms with van der Waals surface area (Å²) in [7, 11) is 0. The van der Waals surface area contributed by atoms with Gasteiger partial charge in [-0.1, -0.05) is 19.3 Å². The quantitative estimate of drug-likeness (QED) is 0.636. The van der Waals surface area contributed by atoms with Crippen LogP contribution in [-0.4, -0.2) is 30.7 Å². The van der Waals surface area contributed by atoms with Crippen molar-refractivity contribution >= 4 is 0 Å². The molecular formula is C15H28ClN. The maximum Gasteiger partial charge on any atom is 0.0815 e. The maximum atomic E-state index is 1.55. The zero-order valence-corrected chi connectivity index (χ0v) is 11.9. The van der Waals surface area contributed by atoms with Crippen molar-refractivity contribution < 1.29 is 16.9 Å². The third-order valence-electron chi connectivity index (χ3n) is 5.64. The Morgan fingerprint density at radius 3 is 2.12 bits per heavy atom. The lowest BCUT2D eigenvalue weighted by Crippen LogP contribution is -3.00. The van der Waals surface area contributed by atoms with E-state index in [2.05, 4.69) is 0 Å². The van der Waals surface area contributed by atoms with Crippen molar-refractivity contribution in [3.8, 4) is 0 Å². The van der Waals surface area contributed by atoms with E-state index >= 15 is 0 Å². The number of nitrogens with zero attached hydrogens (tertiary/aromatic N) is 1. The highest BCUT2D eigenvalue weighted by Crippen LogP contribution is 2.35. The van der Waals surface area contributed by atoms with E-state index in [0.717, 1.165) is 11.8 Å². The predicted octanol–water partition coefficient (Wildman–Crippen LogP) is 0.591. The molecule has 3 aliphatic heterocycles. The first kappa shape index (κ1) is 13.7. The monoisotopic (exact) mass is 257 g/mol. The second-order valence-corrected chi connectivity index (χ2v) is 6.78. The Bertz CT molecular complexity index is 222. The fourth-order valence-corrected chi connectivity index (χ4v) is 4.59. The van der Waals surface area contributed by atoms with Gasteiger partial charge in [-0.15, -0.1) is 0 Å². The van der Waals surface area contributed by atoms with Gasteiger partial charge in [-0.05, 0) is 44.4 Å². The van der Waals surface area contributed by atoms with Crippen LogP contribution in [0.1, 0.15) is 57.8 Å². The zero-order chi connectivity index (χ0) is 10.8. The molecule has 0 aromatic heterocycles. The number of hydrogen-bond donors (Lipinski definition) is 0. The lowest BCUT2D eigenvalue weighted by atomic mass is 9.87. The van der Waals surface area contributed by atoms with Crippen molar-refractivity contribution in [1.29, 1.82) is 0 Å². The summed E-state index contributed by atoms with van der Waals surface area (Å²) in [4.78, 5) is 0. The molecule has 100 valence electrons. The van der Waals surface area contributed by atoms with Crippen molar-refractivity contribution in [2.45, 2.75) is 57.8 Å². The molecule has 1 nitrogen and oxygen atoms in total. The number of hydrogen-bond acceptors (Lipinski definition) is 0. The van der Waals surface area contributed by atoms with E-state index in [0.29, 0.717) is 0 Å². The molecule has 0 aromatic carbocycles. The van der Waals surface area contributed by atoms with Gasteiger partial charge in [0.1, 0.15) is 0 Å². The first-order chi connectivity index (χ1) is 7.86. The average Bonchev–Trinajstić information content (AvgIpc) is 2.63. The molecule has 1 saturated carbocycles. The smallest absolute Gasteiger partial charge is 0.0815 e. The normalized spacial score (nSPS) is 38.5. The number of fused-ring (bicyclic) bond motifs is 4. The molecule has 17 heavy (non-hydrogen) atoms. The molecule has 0 N–H and O–H groups in total. The Balaban J connectivity index is 0.00000108. The summed E-state index contributed by atoms with van der Waals surface area (Å²) < 4.78 is 1.53.